The van der Waals surface area contributed by atoms with Gasteiger partial charge in [-0.3, -0.25) is 9.78 Å². The Morgan fingerprint density at radius 3 is 2.70 bits per heavy atom. The standard InChI is InChI=1S/C28H33N3O2/c1-20-18-25(33-21(2)27-12-5-6-16-29-27)13-14-26(20)31-24-11-7-10-23(19-24)28(32)30-17-15-22-8-3-4-9-22/h5-7,10-14,16,18-19,21-22,31H,3-4,8-9,15,17H2,1-2H3,(H,30,32). The summed E-state index contributed by atoms with van der Waals surface area (Å²) in [6.45, 7) is 4.78. The van der Waals surface area contributed by atoms with Crippen molar-refractivity contribution in [3.8, 4) is 5.75 Å². The molecule has 33 heavy (non-hydrogen) atoms. The van der Waals surface area contributed by atoms with Crippen molar-refractivity contribution in [1.82, 2.24) is 10.3 Å². The van der Waals surface area contributed by atoms with Crippen LogP contribution in [0.1, 0.15) is 66.7 Å². The van der Waals surface area contributed by atoms with Gasteiger partial charge in [-0.05, 0) is 80.3 Å². The Labute approximate surface area is 196 Å². The van der Waals surface area contributed by atoms with Crippen LogP contribution in [0.5, 0.6) is 5.75 Å². The molecule has 1 unspecified atom stereocenters. The largest absolute Gasteiger partial charge is 0.484 e. The van der Waals surface area contributed by atoms with E-state index in [2.05, 4.69) is 15.6 Å². The van der Waals surface area contributed by atoms with E-state index in [-0.39, 0.29) is 12.0 Å². The van der Waals surface area contributed by atoms with Crippen molar-refractivity contribution in [2.45, 2.75) is 52.1 Å². The van der Waals surface area contributed by atoms with Gasteiger partial charge in [0, 0.05) is 29.7 Å². The zero-order valence-corrected chi connectivity index (χ0v) is 19.5. The van der Waals surface area contributed by atoms with Crippen LogP contribution in [-0.2, 0) is 0 Å². The second-order valence-corrected chi connectivity index (χ2v) is 8.89. The number of amides is 1. The average Bonchev–Trinajstić information content (AvgIpc) is 3.35. The highest BCUT2D eigenvalue weighted by atomic mass is 16.5. The van der Waals surface area contributed by atoms with Gasteiger partial charge in [0.05, 0.1) is 5.69 Å². The van der Waals surface area contributed by atoms with Crippen LogP contribution in [0.25, 0.3) is 0 Å². The van der Waals surface area contributed by atoms with Gasteiger partial charge in [0.25, 0.3) is 5.91 Å². The number of pyridine rings is 1. The van der Waals surface area contributed by atoms with Gasteiger partial charge in [-0.25, -0.2) is 0 Å². The molecule has 2 aromatic carbocycles. The fourth-order valence-electron chi connectivity index (χ4n) is 4.42. The minimum Gasteiger partial charge on any atom is -0.484 e. The maximum atomic E-state index is 12.6. The van der Waals surface area contributed by atoms with Crippen LogP contribution in [-0.4, -0.2) is 17.4 Å². The van der Waals surface area contributed by atoms with Gasteiger partial charge in [-0.15, -0.1) is 0 Å². The quantitative estimate of drug-likeness (QED) is 0.392. The summed E-state index contributed by atoms with van der Waals surface area (Å²) in [7, 11) is 0. The number of aromatic nitrogens is 1. The van der Waals surface area contributed by atoms with Crippen molar-refractivity contribution in [2.75, 3.05) is 11.9 Å². The van der Waals surface area contributed by atoms with E-state index in [0.717, 1.165) is 47.3 Å². The number of hydrogen-bond donors (Lipinski definition) is 2. The van der Waals surface area contributed by atoms with Crippen molar-refractivity contribution in [1.29, 1.82) is 0 Å². The van der Waals surface area contributed by atoms with E-state index in [4.69, 9.17) is 4.74 Å². The second-order valence-electron chi connectivity index (χ2n) is 8.89. The number of hydrogen-bond acceptors (Lipinski definition) is 4. The summed E-state index contributed by atoms with van der Waals surface area (Å²) >= 11 is 0. The van der Waals surface area contributed by atoms with Crippen molar-refractivity contribution in [3.05, 3.63) is 83.7 Å². The van der Waals surface area contributed by atoms with E-state index in [1.807, 2.05) is 74.5 Å². The molecule has 0 bridgehead atoms. The molecular formula is C28H33N3O2. The van der Waals surface area contributed by atoms with Gasteiger partial charge in [-0.1, -0.05) is 37.8 Å². The summed E-state index contributed by atoms with van der Waals surface area (Å²) in [6, 6.07) is 19.4. The highest BCUT2D eigenvalue weighted by Crippen LogP contribution is 2.28. The van der Waals surface area contributed by atoms with E-state index in [9.17, 15) is 4.79 Å². The van der Waals surface area contributed by atoms with Crippen molar-refractivity contribution >= 4 is 17.3 Å². The molecule has 5 nitrogen and oxygen atoms in total. The molecule has 1 atom stereocenters. The SMILES string of the molecule is Cc1cc(OC(C)c2ccccn2)ccc1Nc1cccc(C(=O)NCCC2CCCC2)c1. The van der Waals surface area contributed by atoms with E-state index in [1.54, 1.807) is 6.20 Å². The molecule has 4 rings (SSSR count). The van der Waals surface area contributed by atoms with Gasteiger partial charge < -0.3 is 15.4 Å². The zero-order valence-electron chi connectivity index (χ0n) is 19.5. The fourth-order valence-corrected chi connectivity index (χ4v) is 4.42. The molecule has 0 saturated heterocycles. The first-order valence-corrected chi connectivity index (χ1v) is 11.9. The number of carbonyl (C=O) groups is 1. The Hall–Kier alpha value is -3.34. The number of carbonyl (C=O) groups excluding carboxylic acids is 1. The van der Waals surface area contributed by atoms with Crippen LogP contribution in [0.4, 0.5) is 11.4 Å². The molecule has 1 heterocycles. The third-order valence-corrected chi connectivity index (χ3v) is 6.33. The molecule has 0 radical (unpaired) electrons. The molecule has 1 aliphatic carbocycles. The number of nitrogens with one attached hydrogen (secondary N) is 2. The Bertz CT molecular complexity index is 1060. The number of nitrogens with zero attached hydrogens (tertiary/aromatic N) is 1. The summed E-state index contributed by atoms with van der Waals surface area (Å²) in [6.07, 6.45) is 8.01. The number of benzene rings is 2. The minimum atomic E-state index is -0.131. The summed E-state index contributed by atoms with van der Waals surface area (Å²) in [4.78, 5) is 17.0. The third kappa shape index (κ3) is 6.35. The maximum absolute atomic E-state index is 12.6. The van der Waals surface area contributed by atoms with Gasteiger partial charge in [0.1, 0.15) is 11.9 Å². The molecule has 1 aromatic heterocycles. The topological polar surface area (TPSA) is 63.2 Å². The lowest BCUT2D eigenvalue weighted by molar-refractivity contribution is 0.0951. The van der Waals surface area contributed by atoms with Gasteiger partial charge in [0.2, 0.25) is 0 Å². The lowest BCUT2D eigenvalue weighted by Gasteiger charge is -2.16. The first kappa shape index (κ1) is 22.8. The van der Waals surface area contributed by atoms with Crippen LogP contribution in [0, 0.1) is 12.8 Å². The Morgan fingerprint density at radius 2 is 1.94 bits per heavy atom. The first-order chi connectivity index (χ1) is 16.1. The van der Waals surface area contributed by atoms with Crippen LogP contribution < -0.4 is 15.4 Å². The Kier molecular flexibility index (Phi) is 7.61. The summed E-state index contributed by atoms with van der Waals surface area (Å²) in [5.41, 5.74) is 4.50. The van der Waals surface area contributed by atoms with E-state index >= 15 is 0 Å². The van der Waals surface area contributed by atoms with Crippen LogP contribution >= 0.6 is 0 Å². The molecule has 1 amide bonds. The normalized spacial score (nSPS) is 14.6. The molecule has 5 heteroatoms. The maximum Gasteiger partial charge on any atom is 0.251 e. The fraction of sp³-hybridized carbons (Fsp3) is 0.357. The minimum absolute atomic E-state index is 0.0133. The van der Waals surface area contributed by atoms with E-state index in [1.165, 1.54) is 25.7 Å². The predicted molar refractivity (Wildman–Crippen MR) is 133 cm³/mol. The molecule has 3 aromatic rings. The lowest BCUT2D eigenvalue weighted by atomic mass is 10.0. The van der Waals surface area contributed by atoms with Gasteiger partial charge in [0.15, 0.2) is 0 Å². The lowest BCUT2D eigenvalue weighted by Crippen LogP contribution is -2.25. The Morgan fingerprint density at radius 1 is 1.09 bits per heavy atom. The van der Waals surface area contributed by atoms with Gasteiger partial charge >= 0.3 is 0 Å². The van der Waals surface area contributed by atoms with Crippen LogP contribution in [0.3, 0.4) is 0 Å². The summed E-state index contributed by atoms with van der Waals surface area (Å²) < 4.78 is 6.07. The zero-order chi connectivity index (χ0) is 23.0. The molecule has 1 aliphatic rings. The molecule has 0 spiro atoms. The van der Waals surface area contributed by atoms with Crippen molar-refractivity contribution in [2.24, 2.45) is 5.92 Å². The number of aryl methyl sites for hydroxylation is 1. The molecule has 1 saturated carbocycles. The first-order valence-electron chi connectivity index (χ1n) is 11.9. The van der Waals surface area contributed by atoms with E-state index in [0.29, 0.717) is 5.56 Å². The van der Waals surface area contributed by atoms with E-state index < -0.39 is 0 Å². The summed E-state index contributed by atoms with van der Waals surface area (Å²) in [5.74, 6) is 1.56. The average molecular weight is 444 g/mol. The predicted octanol–water partition coefficient (Wildman–Crippen LogP) is 6.58. The third-order valence-electron chi connectivity index (χ3n) is 6.33. The monoisotopic (exact) mass is 443 g/mol. The molecule has 2 N–H and O–H groups in total. The number of ether oxygens (including phenoxy) is 1. The molecule has 0 aliphatic heterocycles. The van der Waals surface area contributed by atoms with Crippen LogP contribution in [0.2, 0.25) is 0 Å². The van der Waals surface area contributed by atoms with Crippen molar-refractivity contribution in [3.63, 3.8) is 0 Å². The second kappa shape index (κ2) is 11.0. The highest BCUT2D eigenvalue weighted by molar-refractivity contribution is 5.95. The summed E-state index contributed by atoms with van der Waals surface area (Å²) in [5, 5.41) is 6.51. The Balaban J connectivity index is 1.35. The smallest absolute Gasteiger partial charge is 0.251 e. The highest BCUT2D eigenvalue weighted by Gasteiger charge is 2.15. The molecule has 172 valence electrons. The number of anilines is 2. The van der Waals surface area contributed by atoms with Crippen molar-refractivity contribution < 1.29 is 9.53 Å². The van der Waals surface area contributed by atoms with Gasteiger partial charge in [-0.2, -0.15) is 0 Å². The molecule has 1 fully saturated rings. The van der Waals surface area contributed by atoms with Crippen LogP contribution in [0.15, 0.2) is 66.9 Å². The number of rotatable bonds is 9. The molecular weight excluding hydrogens is 410 g/mol.